The van der Waals surface area contributed by atoms with Gasteiger partial charge in [-0.15, -0.1) is 0 Å². The van der Waals surface area contributed by atoms with Crippen LogP contribution in [-0.4, -0.2) is 61.4 Å². The number of hydrogen-bond donors (Lipinski definition) is 3. The van der Waals surface area contributed by atoms with Crippen LogP contribution in [0.5, 0.6) is 5.75 Å². The third-order valence-electron chi connectivity index (χ3n) is 4.74. The molecular formula is C21H28N4O3S. The summed E-state index contributed by atoms with van der Waals surface area (Å²) in [5.41, 5.74) is 5.31. The van der Waals surface area contributed by atoms with E-state index in [1.807, 2.05) is 42.5 Å². The van der Waals surface area contributed by atoms with Crippen LogP contribution in [0, 0.1) is 0 Å². The number of morpholine rings is 1. The predicted molar refractivity (Wildman–Crippen MR) is 118 cm³/mol. The molecule has 0 aromatic heterocycles. The maximum atomic E-state index is 12.2. The van der Waals surface area contributed by atoms with E-state index in [0.717, 1.165) is 56.6 Å². The Morgan fingerprint density at radius 1 is 1.17 bits per heavy atom. The molecule has 0 aliphatic carbocycles. The van der Waals surface area contributed by atoms with Gasteiger partial charge in [0.2, 0.25) is 0 Å². The van der Waals surface area contributed by atoms with Crippen molar-refractivity contribution in [2.24, 2.45) is 0 Å². The normalized spacial score (nSPS) is 15.5. The van der Waals surface area contributed by atoms with E-state index < -0.39 is 6.10 Å². The first-order valence-corrected chi connectivity index (χ1v) is 10.3. The van der Waals surface area contributed by atoms with Crippen molar-refractivity contribution in [3.05, 3.63) is 42.5 Å². The lowest BCUT2D eigenvalue weighted by Gasteiger charge is -2.26. The zero-order chi connectivity index (χ0) is 20.5. The molecule has 156 valence electrons. The van der Waals surface area contributed by atoms with E-state index in [0.29, 0.717) is 10.9 Å². The minimum Gasteiger partial charge on any atom is -0.481 e. The van der Waals surface area contributed by atoms with E-state index in [9.17, 15) is 4.79 Å². The fraction of sp³-hybridized carbons (Fsp3) is 0.429. The molecule has 1 amide bonds. The first-order chi connectivity index (χ1) is 14.1. The summed E-state index contributed by atoms with van der Waals surface area (Å²) in [6, 6.07) is 13.8. The summed E-state index contributed by atoms with van der Waals surface area (Å²) in [5, 5.41) is 5.68. The van der Waals surface area contributed by atoms with Crippen LogP contribution in [0.15, 0.2) is 42.5 Å². The maximum absolute atomic E-state index is 12.2. The Morgan fingerprint density at radius 2 is 1.93 bits per heavy atom. The van der Waals surface area contributed by atoms with Gasteiger partial charge in [-0.05, 0) is 55.0 Å². The molecule has 1 atom stereocenters. The van der Waals surface area contributed by atoms with Gasteiger partial charge in [0.1, 0.15) is 5.75 Å². The number of nitrogens with zero attached hydrogens (tertiary/aromatic N) is 1. The molecule has 0 bridgehead atoms. The number of thiocarbonyl (C=S) groups is 1. The van der Waals surface area contributed by atoms with E-state index in [1.54, 1.807) is 6.92 Å². The highest BCUT2D eigenvalue weighted by atomic mass is 32.1. The van der Waals surface area contributed by atoms with Crippen LogP contribution < -0.4 is 20.9 Å². The standard InChI is InChI=1S/C21H28N4O3S/c1-16(28-19-8-7-17-5-2-3-6-18(17)15-19)20(26)23-24-21(29)22-9-4-10-25-11-13-27-14-12-25/h2-3,5-8,15-16H,4,9-14H2,1H3,(H,23,26)(H2,22,24,29)/t16-/m0/s1. The highest BCUT2D eigenvalue weighted by molar-refractivity contribution is 7.80. The van der Waals surface area contributed by atoms with E-state index in [1.165, 1.54) is 0 Å². The SMILES string of the molecule is C[C@H](Oc1ccc2ccccc2c1)C(=O)NNC(=S)NCCCN1CCOCC1. The van der Waals surface area contributed by atoms with Gasteiger partial charge in [0.05, 0.1) is 13.2 Å². The van der Waals surface area contributed by atoms with Crippen LogP contribution in [0.3, 0.4) is 0 Å². The fourth-order valence-electron chi connectivity index (χ4n) is 3.09. The van der Waals surface area contributed by atoms with Crippen LogP contribution in [0.2, 0.25) is 0 Å². The summed E-state index contributed by atoms with van der Waals surface area (Å²) >= 11 is 5.20. The number of carbonyl (C=O) groups is 1. The molecule has 0 radical (unpaired) electrons. The lowest BCUT2D eigenvalue weighted by molar-refractivity contribution is -0.127. The Kier molecular flexibility index (Phi) is 8.03. The number of fused-ring (bicyclic) bond motifs is 1. The summed E-state index contributed by atoms with van der Waals surface area (Å²) in [7, 11) is 0. The Bertz CT molecular complexity index is 826. The topological polar surface area (TPSA) is 74.9 Å². The molecule has 0 spiro atoms. The smallest absolute Gasteiger partial charge is 0.279 e. The highest BCUT2D eigenvalue weighted by Gasteiger charge is 2.15. The molecule has 7 nitrogen and oxygen atoms in total. The molecule has 1 aliphatic heterocycles. The van der Waals surface area contributed by atoms with E-state index in [4.69, 9.17) is 21.7 Å². The molecule has 1 aliphatic rings. The van der Waals surface area contributed by atoms with Crippen LogP contribution in [0.4, 0.5) is 0 Å². The first kappa shape index (κ1) is 21.3. The summed E-state index contributed by atoms with van der Waals surface area (Å²) in [6.45, 7) is 7.01. The third kappa shape index (κ3) is 6.85. The third-order valence-corrected chi connectivity index (χ3v) is 4.99. The number of benzene rings is 2. The molecule has 8 heteroatoms. The number of amides is 1. The minimum absolute atomic E-state index is 0.296. The van der Waals surface area contributed by atoms with Crippen molar-refractivity contribution in [1.82, 2.24) is 21.1 Å². The number of ether oxygens (including phenoxy) is 2. The van der Waals surface area contributed by atoms with Gasteiger partial charge in [0.25, 0.3) is 5.91 Å². The van der Waals surface area contributed by atoms with Gasteiger partial charge in [-0.2, -0.15) is 0 Å². The molecule has 3 rings (SSSR count). The maximum Gasteiger partial charge on any atom is 0.279 e. The van der Waals surface area contributed by atoms with E-state index >= 15 is 0 Å². The minimum atomic E-state index is -0.659. The summed E-state index contributed by atoms with van der Waals surface area (Å²) in [5.74, 6) is 0.353. The van der Waals surface area contributed by atoms with Gasteiger partial charge >= 0.3 is 0 Å². The Morgan fingerprint density at radius 3 is 2.72 bits per heavy atom. The molecule has 29 heavy (non-hydrogen) atoms. The second-order valence-electron chi connectivity index (χ2n) is 6.95. The summed E-state index contributed by atoms with van der Waals surface area (Å²) < 4.78 is 11.1. The van der Waals surface area contributed by atoms with Crippen LogP contribution in [0.25, 0.3) is 10.8 Å². The van der Waals surface area contributed by atoms with Gasteiger partial charge in [-0.3, -0.25) is 20.5 Å². The number of rotatable bonds is 7. The monoisotopic (exact) mass is 416 g/mol. The fourth-order valence-corrected chi connectivity index (χ4v) is 3.24. The molecule has 3 N–H and O–H groups in total. The van der Waals surface area contributed by atoms with Crippen molar-refractivity contribution < 1.29 is 14.3 Å². The molecule has 1 fully saturated rings. The first-order valence-electron chi connectivity index (χ1n) is 9.91. The van der Waals surface area contributed by atoms with Gasteiger partial charge < -0.3 is 14.8 Å². The summed E-state index contributed by atoms with van der Waals surface area (Å²) in [6.07, 6.45) is 0.310. The molecule has 0 saturated carbocycles. The molecule has 2 aromatic carbocycles. The second-order valence-corrected chi connectivity index (χ2v) is 7.36. The van der Waals surface area contributed by atoms with Crippen molar-refractivity contribution >= 4 is 34.0 Å². The molecule has 1 heterocycles. The zero-order valence-electron chi connectivity index (χ0n) is 16.6. The average Bonchev–Trinajstić information content (AvgIpc) is 2.75. The Labute approximate surface area is 176 Å². The number of hydrazine groups is 1. The van der Waals surface area contributed by atoms with Gasteiger partial charge in [0, 0.05) is 19.6 Å². The number of carbonyl (C=O) groups excluding carboxylic acids is 1. The van der Waals surface area contributed by atoms with Crippen molar-refractivity contribution in [3.8, 4) is 5.75 Å². The zero-order valence-corrected chi connectivity index (χ0v) is 17.5. The van der Waals surface area contributed by atoms with E-state index in [-0.39, 0.29) is 5.91 Å². The van der Waals surface area contributed by atoms with Crippen molar-refractivity contribution in [3.63, 3.8) is 0 Å². The van der Waals surface area contributed by atoms with Crippen LogP contribution in [0.1, 0.15) is 13.3 Å². The lowest BCUT2D eigenvalue weighted by Crippen LogP contribution is -2.50. The van der Waals surface area contributed by atoms with Crippen molar-refractivity contribution in [2.75, 3.05) is 39.4 Å². The van der Waals surface area contributed by atoms with Crippen molar-refractivity contribution in [2.45, 2.75) is 19.4 Å². The molecular weight excluding hydrogens is 388 g/mol. The summed E-state index contributed by atoms with van der Waals surface area (Å²) in [4.78, 5) is 14.6. The largest absolute Gasteiger partial charge is 0.481 e. The average molecular weight is 417 g/mol. The number of nitrogens with one attached hydrogen (secondary N) is 3. The van der Waals surface area contributed by atoms with Crippen LogP contribution in [-0.2, 0) is 9.53 Å². The number of hydrogen-bond acceptors (Lipinski definition) is 5. The predicted octanol–water partition coefficient (Wildman–Crippen LogP) is 1.82. The molecule has 0 unspecified atom stereocenters. The quantitative estimate of drug-likeness (QED) is 0.361. The van der Waals surface area contributed by atoms with Crippen molar-refractivity contribution in [1.29, 1.82) is 0 Å². The molecule has 1 saturated heterocycles. The lowest BCUT2D eigenvalue weighted by atomic mass is 10.1. The van der Waals surface area contributed by atoms with E-state index in [2.05, 4.69) is 21.1 Å². The molecule has 2 aromatic rings. The second kappa shape index (κ2) is 10.9. The van der Waals surface area contributed by atoms with Gasteiger partial charge in [0.15, 0.2) is 11.2 Å². The highest BCUT2D eigenvalue weighted by Crippen LogP contribution is 2.21. The van der Waals surface area contributed by atoms with Gasteiger partial charge in [-0.25, -0.2) is 0 Å². The Balaban J connectivity index is 1.33. The van der Waals surface area contributed by atoms with Crippen LogP contribution >= 0.6 is 12.2 Å². The Hall–Kier alpha value is -2.42. The van der Waals surface area contributed by atoms with Gasteiger partial charge in [-0.1, -0.05) is 30.3 Å².